The van der Waals surface area contributed by atoms with Gasteiger partial charge in [-0.05, 0) is 40.9 Å². The molecule has 1 heterocycles. The lowest BCUT2D eigenvalue weighted by Crippen LogP contribution is -2.22. The van der Waals surface area contributed by atoms with Crippen LogP contribution < -0.4 is 5.32 Å². The van der Waals surface area contributed by atoms with Crippen LogP contribution >= 0.6 is 27.3 Å². The maximum Gasteiger partial charge on any atom is 0.148 e. The molecule has 0 unspecified atom stereocenters. The normalized spacial score (nSPS) is 11.2. The van der Waals surface area contributed by atoms with E-state index in [1.165, 1.54) is 5.56 Å². The average molecular weight is 354 g/mol. The number of nitrogens with zero attached hydrogens (tertiary/aromatic N) is 2. The number of rotatable bonds is 6. The molecule has 0 fully saturated rings. The summed E-state index contributed by atoms with van der Waals surface area (Å²) in [6, 6.07) is 6.23. The molecule has 2 rings (SSSR count). The van der Waals surface area contributed by atoms with Crippen LogP contribution in [0.1, 0.15) is 24.4 Å². The van der Waals surface area contributed by atoms with E-state index in [-0.39, 0.29) is 0 Å². The van der Waals surface area contributed by atoms with Crippen molar-refractivity contribution in [2.45, 2.75) is 27.2 Å². The lowest BCUT2D eigenvalue weighted by atomic mass is 10.1. The van der Waals surface area contributed by atoms with Crippen molar-refractivity contribution in [1.29, 1.82) is 0 Å². The molecule has 0 aliphatic heterocycles. The molecule has 108 valence electrons. The molecule has 3 nitrogen and oxygen atoms in total. The standard InChI is InChI=1S/C15H20BrN3S/c1-10(2)9-17-8-7-13-18-19-15(20-13)12-6-4-5-11(3)14(12)16/h4-6,10,17H,7-9H2,1-3H3. The molecule has 0 saturated heterocycles. The molecule has 0 radical (unpaired) electrons. The molecule has 2 aromatic rings. The highest BCUT2D eigenvalue weighted by atomic mass is 79.9. The third kappa shape index (κ3) is 4.11. The van der Waals surface area contributed by atoms with Crippen LogP contribution in [0.25, 0.3) is 10.6 Å². The van der Waals surface area contributed by atoms with Gasteiger partial charge in [-0.25, -0.2) is 0 Å². The van der Waals surface area contributed by atoms with E-state index in [0.29, 0.717) is 5.92 Å². The second kappa shape index (κ2) is 7.29. The van der Waals surface area contributed by atoms with Gasteiger partial charge in [-0.2, -0.15) is 0 Å². The molecule has 1 aromatic heterocycles. The Morgan fingerprint density at radius 3 is 2.85 bits per heavy atom. The van der Waals surface area contributed by atoms with Gasteiger partial charge in [0.05, 0.1) is 0 Å². The Labute approximate surface area is 133 Å². The van der Waals surface area contributed by atoms with Gasteiger partial charge in [0, 0.05) is 23.0 Å². The topological polar surface area (TPSA) is 37.8 Å². The number of aromatic nitrogens is 2. The largest absolute Gasteiger partial charge is 0.316 e. The predicted octanol–water partition coefficient (Wildman–Crippen LogP) is 4.06. The molecule has 20 heavy (non-hydrogen) atoms. The number of halogens is 1. The van der Waals surface area contributed by atoms with Crippen molar-refractivity contribution in [3.8, 4) is 10.6 Å². The molecule has 1 aromatic carbocycles. The number of aryl methyl sites for hydroxylation is 1. The fourth-order valence-electron chi connectivity index (χ4n) is 1.86. The van der Waals surface area contributed by atoms with E-state index in [1.807, 2.05) is 0 Å². The van der Waals surface area contributed by atoms with Crippen molar-refractivity contribution >= 4 is 27.3 Å². The van der Waals surface area contributed by atoms with Crippen LogP contribution in [-0.2, 0) is 6.42 Å². The maximum atomic E-state index is 4.31. The Hall–Kier alpha value is -0.780. The summed E-state index contributed by atoms with van der Waals surface area (Å²) in [7, 11) is 0. The van der Waals surface area contributed by atoms with Crippen LogP contribution in [0.3, 0.4) is 0 Å². The summed E-state index contributed by atoms with van der Waals surface area (Å²) < 4.78 is 1.11. The van der Waals surface area contributed by atoms with Gasteiger partial charge in [-0.1, -0.05) is 43.4 Å². The molecular weight excluding hydrogens is 334 g/mol. The van der Waals surface area contributed by atoms with E-state index in [0.717, 1.165) is 39.6 Å². The van der Waals surface area contributed by atoms with Crippen molar-refractivity contribution in [3.05, 3.63) is 33.2 Å². The van der Waals surface area contributed by atoms with E-state index in [9.17, 15) is 0 Å². The third-order valence-corrected chi connectivity index (χ3v) is 5.03. The minimum atomic E-state index is 0.684. The summed E-state index contributed by atoms with van der Waals surface area (Å²) in [6.45, 7) is 8.53. The van der Waals surface area contributed by atoms with Gasteiger partial charge in [0.1, 0.15) is 10.0 Å². The summed E-state index contributed by atoms with van der Waals surface area (Å²) in [4.78, 5) is 0. The predicted molar refractivity (Wildman–Crippen MR) is 89.2 cm³/mol. The Morgan fingerprint density at radius 2 is 2.10 bits per heavy atom. The first kappa shape index (κ1) is 15.6. The van der Waals surface area contributed by atoms with E-state index in [1.54, 1.807) is 11.3 Å². The molecule has 0 bridgehead atoms. The van der Waals surface area contributed by atoms with Crippen molar-refractivity contribution in [3.63, 3.8) is 0 Å². The van der Waals surface area contributed by atoms with Gasteiger partial charge in [-0.15, -0.1) is 10.2 Å². The zero-order valence-electron chi connectivity index (χ0n) is 12.1. The number of nitrogens with one attached hydrogen (secondary N) is 1. The summed E-state index contributed by atoms with van der Waals surface area (Å²) >= 11 is 5.31. The van der Waals surface area contributed by atoms with Gasteiger partial charge in [-0.3, -0.25) is 0 Å². The highest BCUT2D eigenvalue weighted by Gasteiger charge is 2.10. The third-order valence-electron chi connectivity index (χ3n) is 2.96. The van der Waals surface area contributed by atoms with Crippen molar-refractivity contribution in [2.24, 2.45) is 5.92 Å². The summed E-state index contributed by atoms with van der Waals surface area (Å²) in [6.07, 6.45) is 0.938. The fraction of sp³-hybridized carbons (Fsp3) is 0.467. The van der Waals surface area contributed by atoms with E-state index in [2.05, 4.69) is 70.4 Å². The summed E-state index contributed by atoms with van der Waals surface area (Å²) in [5.41, 5.74) is 2.35. The molecular formula is C15H20BrN3S. The minimum Gasteiger partial charge on any atom is -0.316 e. The molecule has 0 aliphatic rings. The maximum absolute atomic E-state index is 4.31. The highest BCUT2D eigenvalue weighted by Crippen LogP contribution is 2.32. The van der Waals surface area contributed by atoms with E-state index >= 15 is 0 Å². The molecule has 1 N–H and O–H groups in total. The molecule has 0 saturated carbocycles. The Kier molecular flexibility index (Phi) is 5.69. The van der Waals surface area contributed by atoms with Gasteiger partial charge in [0.15, 0.2) is 0 Å². The number of hydrogen-bond donors (Lipinski definition) is 1. The number of benzene rings is 1. The molecule has 0 spiro atoms. The van der Waals surface area contributed by atoms with Gasteiger partial charge < -0.3 is 5.32 Å². The molecule has 0 aliphatic carbocycles. The van der Waals surface area contributed by atoms with Crippen LogP contribution in [0, 0.1) is 12.8 Å². The SMILES string of the molecule is Cc1cccc(-c2nnc(CCNCC(C)C)s2)c1Br. The van der Waals surface area contributed by atoms with Gasteiger partial charge >= 0.3 is 0 Å². The van der Waals surface area contributed by atoms with Crippen LogP contribution in [0.2, 0.25) is 0 Å². The van der Waals surface area contributed by atoms with Crippen LogP contribution in [0.5, 0.6) is 0 Å². The second-order valence-corrected chi connectivity index (χ2v) is 7.14. The van der Waals surface area contributed by atoms with Gasteiger partial charge in [0.25, 0.3) is 0 Å². The van der Waals surface area contributed by atoms with Crippen LogP contribution in [-0.4, -0.2) is 23.3 Å². The fourth-order valence-corrected chi connectivity index (χ4v) is 3.32. The monoisotopic (exact) mass is 353 g/mol. The Morgan fingerprint density at radius 1 is 1.30 bits per heavy atom. The van der Waals surface area contributed by atoms with Crippen molar-refractivity contribution in [1.82, 2.24) is 15.5 Å². The molecule has 0 amide bonds. The van der Waals surface area contributed by atoms with Gasteiger partial charge in [0.2, 0.25) is 0 Å². The Bertz CT molecular complexity index is 566. The van der Waals surface area contributed by atoms with E-state index < -0.39 is 0 Å². The lowest BCUT2D eigenvalue weighted by molar-refractivity contribution is 0.553. The minimum absolute atomic E-state index is 0.684. The first-order valence-electron chi connectivity index (χ1n) is 6.86. The first-order valence-corrected chi connectivity index (χ1v) is 8.47. The zero-order valence-corrected chi connectivity index (χ0v) is 14.5. The van der Waals surface area contributed by atoms with Crippen molar-refractivity contribution < 1.29 is 0 Å². The van der Waals surface area contributed by atoms with Crippen LogP contribution in [0.4, 0.5) is 0 Å². The van der Waals surface area contributed by atoms with Crippen molar-refractivity contribution in [2.75, 3.05) is 13.1 Å². The highest BCUT2D eigenvalue weighted by molar-refractivity contribution is 9.10. The van der Waals surface area contributed by atoms with Crippen LogP contribution in [0.15, 0.2) is 22.7 Å². The molecule has 0 atom stereocenters. The molecule has 5 heteroatoms. The summed E-state index contributed by atoms with van der Waals surface area (Å²) in [5.74, 6) is 0.684. The number of hydrogen-bond acceptors (Lipinski definition) is 4. The Balaban J connectivity index is 2.00. The quantitative estimate of drug-likeness (QED) is 0.795. The summed E-state index contributed by atoms with van der Waals surface area (Å²) in [5, 5.41) is 14.1. The smallest absolute Gasteiger partial charge is 0.148 e. The zero-order chi connectivity index (χ0) is 14.5. The second-order valence-electron chi connectivity index (χ2n) is 5.29. The average Bonchev–Trinajstić information content (AvgIpc) is 2.86. The lowest BCUT2D eigenvalue weighted by Gasteiger charge is -2.05. The first-order chi connectivity index (χ1) is 9.58. The van der Waals surface area contributed by atoms with E-state index in [4.69, 9.17) is 0 Å².